The molecule has 6 nitrogen and oxygen atoms in total. The van der Waals surface area contributed by atoms with Crippen LogP contribution in [0.3, 0.4) is 0 Å². The zero-order chi connectivity index (χ0) is 18.2. The van der Waals surface area contributed by atoms with E-state index in [4.69, 9.17) is 4.98 Å². The fourth-order valence-corrected chi connectivity index (χ4v) is 4.84. The lowest BCUT2D eigenvalue weighted by Crippen LogP contribution is -2.39. The van der Waals surface area contributed by atoms with Crippen molar-refractivity contribution in [2.75, 3.05) is 13.1 Å². The minimum Gasteiger partial charge on any atom is -0.341 e. The van der Waals surface area contributed by atoms with Crippen LogP contribution in [-0.4, -0.2) is 43.9 Å². The molecule has 1 amide bonds. The number of amides is 1. The van der Waals surface area contributed by atoms with Crippen molar-refractivity contribution in [1.82, 2.24) is 24.9 Å². The quantitative estimate of drug-likeness (QED) is 0.549. The van der Waals surface area contributed by atoms with E-state index in [1.54, 1.807) is 16.0 Å². The molecule has 0 aliphatic carbocycles. The molecule has 0 radical (unpaired) electrons. The van der Waals surface area contributed by atoms with Crippen LogP contribution in [-0.2, 0) is 11.3 Å². The van der Waals surface area contributed by atoms with Crippen LogP contribution >= 0.6 is 11.3 Å². The number of fused-ring (bicyclic) bond motifs is 2. The van der Waals surface area contributed by atoms with Gasteiger partial charge in [-0.15, -0.1) is 16.4 Å². The number of likely N-dealkylation sites (tertiary alicyclic amines) is 1. The minimum atomic E-state index is 0.105. The van der Waals surface area contributed by atoms with E-state index in [2.05, 4.69) is 28.5 Å². The van der Waals surface area contributed by atoms with Gasteiger partial charge in [0.1, 0.15) is 12.1 Å². The van der Waals surface area contributed by atoms with Crippen molar-refractivity contribution in [2.45, 2.75) is 25.3 Å². The highest BCUT2D eigenvalue weighted by Gasteiger charge is 2.26. The summed E-state index contributed by atoms with van der Waals surface area (Å²) in [5.74, 6) is 0.548. The van der Waals surface area contributed by atoms with Crippen molar-refractivity contribution in [2.24, 2.45) is 0 Å². The van der Waals surface area contributed by atoms with E-state index in [9.17, 15) is 4.79 Å². The number of para-hydroxylation sites is 2. The molecule has 4 aromatic rings. The Morgan fingerprint density at radius 1 is 1.04 bits per heavy atom. The van der Waals surface area contributed by atoms with Gasteiger partial charge < -0.3 is 4.90 Å². The third-order valence-electron chi connectivity index (χ3n) is 5.21. The molecule has 7 heteroatoms. The van der Waals surface area contributed by atoms with Crippen molar-refractivity contribution in [3.8, 4) is 0 Å². The molecule has 1 aliphatic heterocycles. The summed E-state index contributed by atoms with van der Waals surface area (Å²) in [4.78, 5) is 19.5. The number of thiazole rings is 1. The van der Waals surface area contributed by atoms with E-state index in [1.807, 2.05) is 35.2 Å². The number of hydrogen-bond donors (Lipinski definition) is 0. The van der Waals surface area contributed by atoms with E-state index in [1.165, 1.54) is 9.71 Å². The predicted molar refractivity (Wildman–Crippen MR) is 106 cm³/mol. The largest absolute Gasteiger partial charge is 0.341 e. The maximum absolute atomic E-state index is 12.7. The first-order chi connectivity index (χ1) is 13.3. The number of carbonyl (C=O) groups is 1. The summed E-state index contributed by atoms with van der Waals surface area (Å²) in [6.07, 6.45) is 1.92. The van der Waals surface area contributed by atoms with Gasteiger partial charge in [0.05, 0.1) is 20.7 Å². The topological polar surface area (TPSA) is 63.9 Å². The average molecular weight is 377 g/mol. The maximum atomic E-state index is 12.7. The Bertz CT molecular complexity index is 1080. The third-order valence-corrected chi connectivity index (χ3v) is 6.41. The number of hydrogen-bond acceptors (Lipinski definition) is 5. The van der Waals surface area contributed by atoms with Crippen LogP contribution in [0.15, 0.2) is 48.5 Å². The standard InChI is InChI=1S/C20H19N5OS/c26-19(13-25-17-7-3-1-5-15(17)22-23-25)24-11-9-14(10-12-24)20-21-16-6-2-4-8-18(16)27-20/h1-8,14H,9-13H2. The molecule has 5 rings (SSSR count). The Hall–Kier alpha value is -2.80. The highest BCUT2D eigenvalue weighted by Crippen LogP contribution is 2.33. The highest BCUT2D eigenvalue weighted by molar-refractivity contribution is 7.18. The lowest BCUT2D eigenvalue weighted by molar-refractivity contribution is -0.133. The van der Waals surface area contributed by atoms with E-state index in [0.29, 0.717) is 5.92 Å². The van der Waals surface area contributed by atoms with Crippen molar-refractivity contribution < 1.29 is 4.79 Å². The molecule has 0 bridgehead atoms. The number of carbonyl (C=O) groups excluding carboxylic acids is 1. The lowest BCUT2D eigenvalue weighted by atomic mass is 9.97. The van der Waals surface area contributed by atoms with Crippen molar-refractivity contribution >= 4 is 38.5 Å². The summed E-state index contributed by atoms with van der Waals surface area (Å²) in [5, 5.41) is 9.45. The number of piperidine rings is 1. The van der Waals surface area contributed by atoms with E-state index in [-0.39, 0.29) is 12.5 Å². The molecular formula is C20H19N5OS. The van der Waals surface area contributed by atoms with Crippen LogP contribution < -0.4 is 0 Å². The SMILES string of the molecule is O=C(Cn1nnc2ccccc21)N1CCC(c2nc3ccccc3s2)CC1. The second-order valence-electron chi connectivity index (χ2n) is 6.91. The second-order valence-corrected chi connectivity index (χ2v) is 7.97. The Labute approximate surface area is 160 Å². The van der Waals surface area contributed by atoms with Gasteiger partial charge in [0.2, 0.25) is 5.91 Å². The van der Waals surface area contributed by atoms with Crippen LogP contribution in [0.4, 0.5) is 0 Å². The molecule has 2 aromatic carbocycles. The van der Waals surface area contributed by atoms with E-state index >= 15 is 0 Å². The number of rotatable bonds is 3. The predicted octanol–water partition coefficient (Wildman–Crippen LogP) is 3.45. The Balaban J connectivity index is 1.25. The number of aromatic nitrogens is 4. The van der Waals surface area contributed by atoms with Crippen molar-refractivity contribution in [1.29, 1.82) is 0 Å². The Morgan fingerprint density at radius 2 is 1.78 bits per heavy atom. The molecule has 1 fully saturated rings. The fraction of sp³-hybridized carbons (Fsp3) is 0.300. The van der Waals surface area contributed by atoms with Gasteiger partial charge in [0, 0.05) is 19.0 Å². The first-order valence-corrected chi connectivity index (χ1v) is 10.0. The molecule has 1 saturated heterocycles. The van der Waals surface area contributed by atoms with Crippen LogP contribution in [0.25, 0.3) is 21.3 Å². The first-order valence-electron chi connectivity index (χ1n) is 9.19. The third kappa shape index (κ3) is 3.08. The molecule has 1 aliphatic rings. The molecular weight excluding hydrogens is 358 g/mol. The molecule has 0 unspecified atom stereocenters. The summed E-state index contributed by atoms with van der Waals surface area (Å²) < 4.78 is 2.93. The molecule has 0 saturated carbocycles. The average Bonchev–Trinajstić information content (AvgIpc) is 3.32. The zero-order valence-electron chi connectivity index (χ0n) is 14.8. The van der Waals surface area contributed by atoms with E-state index < -0.39 is 0 Å². The molecule has 3 heterocycles. The Morgan fingerprint density at radius 3 is 2.59 bits per heavy atom. The van der Waals surface area contributed by atoms with Crippen LogP contribution in [0.2, 0.25) is 0 Å². The first kappa shape index (κ1) is 16.4. The van der Waals surface area contributed by atoms with Crippen molar-refractivity contribution in [3.05, 3.63) is 53.5 Å². The lowest BCUT2D eigenvalue weighted by Gasteiger charge is -2.31. The highest BCUT2D eigenvalue weighted by atomic mass is 32.1. The van der Waals surface area contributed by atoms with Gasteiger partial charge in [0.25, 0.3) is 0 Å². The van der Waals surface area contributed by atoms with E-state index in [0.717, 1.165) is 42.5 Å². The van der Waals surface area contributed by atoms with Crippen molar-refractivity contribution in [3.63, 3.8) is 0 Å². The fourth-order valence-electron chi connectivity index (χ4n) is 3.70. The smallest absolute Gasteiger partial charge is 0.244 e. The summed E-state index contributed by atoms with van der Waals surface area (Å²) in [6.45, 7) is 1.78. The molecule has 2 aromatic heterocycles. The molecule has 0 spiro atoms. The van der Waals surface area contributed by atoms with Gasteiger partial charge >= 0.3 is 0 Å². The van der Waals surface area contributed by atoms with Crippen LogP contribution in [0, 0.1) is 0 Å². The van der Waals surface area contributed by atoms with Gasteiger partial charge in [-0.25, -0.2) is 9.67 Å². The van der Waals surface area contributed by atoms with Gasteiger partial charge in [-0.05, 0) is 37.1 Å². The normalized spacial score (nSPS) is 15.6. The number of nitrogens with zero attached hydrogens (tertiary/aromatic N) is 5. The monoisotopic (exact) mass is 377 g/mol. The summed E-state index contributed by atoms with van der Waals surface area (Å²) in [7, 11) is 0. The van der Waals surface area contributed by atoms with Gasteiger partial charge in [-0.1, -0.05) is 29.5 Å². The summed E-state index contributed by atoms with van der Waals surface area (Å²) >= 11 is 1.78. The number of benzene rings is 2. The second kappa shape index (κ2) is 6.74. The zero-order valence-corrected chi connectivity index (χ0v) is 15.6. The summed E-state index contributed by atoms with van der Waals surface area (Å²) in [5.41, 5.74) is 2.80. The van der Waals surface area contributed by atoms with Gasteiger partial charge in [-0.2, -0.15) is 0 Å². The van der Waals surface area contributed by atoms with Gasteiger partial charge in [-0.3, -0.25) is 4.79 Å². The molecule has 136 valence electrons. The Kier molecular flexibility index (Phi) is 4.09. The maximum Gasteiger partial charge on any atom is 0.244 e. The van der Waals surface area contributed by atoms with Crippen LogP contribution in [0.1, 0.15) is 23.8 Å². The van der Waals surface area contributed by atoms with Gasteiger partial charge in [0.15, 0.2) is 0 Å². The van der Waals surface area contributed by atoms with Crippen LogP contribution in [0.5, 0.6) is 0 Å². The molecule has 0 atom stereocenters. The molecule has 27 heavy (non-hydrogen) atoms. The molecule has 0 N–H and O–H groups in total. The summed E-state index contributed by atoms with van der Waals surface area (Å²) in [6, 6.07) is 16.0. The minimum absolute atomic E-state index is 0.105.